The molecule has 0 radical (unpaired) electrons. The monoisotopic (exact) mass is 362 g/mol. The molecule has 0 heterocycles. The molecule has 4 saturated carbocycles. The maximum atomic E-state index is 12.4. The Hall–Kier alpha value is -1.40. The van der Waals surface area contributed by atoms with Crippen molar-refractivity contribution >= 4 is 15.9 Å². The lowest BCUT2D eigenvalue weighted by Gasteiger charge is -2.56. The maximum absolute atomic E-state index is 12.4. The zero-order valence-electron chi connectivity index (χ0n) is 14.4. The molecule has 25 heavy (non-hydrogen) atoms. The van der Waals surface area contributed by atoms with Crippen molar-refractivity contribution in [1.82, 2.24) is 10.0 Å². The summed E-state index contributed by atoms with van der Waals surface area (Å²) in [4.78, 5) is 12.6. The Morgan fingerprint density at radius 3 is 2.12 bits per heavy atom. The van der Waals surface area contributed by atoms with E-state index in [9.17, 15) is 13.2 Å². The number of hydrogen-bond acceptors (Lipinski definition) is 3. The molecule has 4 bridgehead atoms. The highest BCUT2D eigenvalue weighted by Gasteiger charge is 2.51. The van der Waals surface area contributed by atoms with Crippen molar-refractivity contribution in [2.75, 3.05) is 6.54 Å². The topological polar surface area (TPSA) is 75.3 Å². The van der Waals surface area contributed by atoms with E-state index in [0.29, 0.717) is 0 Å². The van der Waals surface area contributed by atoms with Crippen LogP contribution in [0.3, 0.4) is 0 Å². The van der Waals surface area contributed by atoms with Crippen molar-refractivity contribution in [2.45, 2.75) is 55.4 Å². The zero-order valence-corrected chi connectivity index (χ0v) is 15.2. The van der Waals surface area contributed by atoms with E-state index < -0.39 is 10.0 Å². The van der Waals surface area contributed by atoms with Crippen molar-refractivity contribution in [3.05, 3.63) is 30.3 Å². The zero-order chi connectivity index (χ0) is 17.5. The summed E-state index contributed by atoms with van der Waals surface area (Å²) in [7, 11) is -3.54. The molecule has 136 valence electrons. The van der Waals surface area contributed by atoms with E-state index in [-0.39, 0.29) is 29.3 Å². The third-order valence-corrected chi connectivity index (χ3v) is 7.62. The molecular weight excluding hydrogens is 336 g/mol. The summed E-state index contributed by atoms with van der Waals surface area (Å²) in [6.45, 7) is 0.134. The molecule has 6 heteroatoms. The minimum atomic E-state index is -3.54. The first kappa shape index (κ1) is 17.0. The second-order valence-electron chi connectivity index (χ2n) is 8.21. The molecule has 0 spiro atoms. The van der Waals surface area contributed by atoms with E-state index >= 15 is 0 Å². The van der Waals surface area contributed by atoms with Gasteiger partial charge < -0.3 is 5.32 Å². The van der Waals surface area contributed by atoms with Gasteiger partial charge in [0.25, 0.3) is 0 Å². The Morgan fingerprint density at radius 2 is 1.56 bits per heavy atom. The predicted molar refractivity (Wildman–Crippen MR) is 95.3 cm³/mol. The standard InChI is InChI=1S/C19H26N2O3S/c22-18(6-7-20-25(23,24)17-4-2-1-3-5-17)21-19-11-14-8-15(12-19)10-16(9-14)13-19/h1-5,14-16,20H,6-13H2,(H,21,22). The van der Waals surface area contributed by atoms with Gasteiger partial charge in [-0.2, -0.15) is 0 Å². The van der Waals surface area contributed by atoms with Crippen molar-refractivity contribution in [2.24, 2.45) is 17.8 Å². The van der Waals surface area contributed by atoms with Gasteiger partial charge in [-0.3, -0.25) is 4.79 Å². The first-order valence-corrected chi connectivity index (χ1v) is 10.8. The summed E-state index contributed by atoms with van der Waals surface area (Å²) in [5, 5.41) is 3.28. The van der Waals surface area contributed by atoms with Gasteiger partial charge in [0.2, 0.25) is 15.9 Å². The Balaban J connectivity index is 1.30. The largest absolute Gasteiger partial charge is 0.351 e. The summed E-state index contributed by atoms with van der Waals surface area (Å²) >= 11 is 0. The number of rotatable bonds is 6. The van der Waals surface area contributed by atoms with E-state index in [1.54, 1.807) is 30.3 Å². The molecule has 2 N–H and O–H groups in total. The Kier molecular flexibility index (Phi) is 4.36. The van der Waals surface area contributed by atoms with E-state index in [4.69, 9.17) is 0 Å². The van der Waals surface area contributed by atoms with Gasteiger partial charge in [-0.1, -0.05) is 18.2 Å². The molecule has 5 nitrogen and oxygen atoms in total. The van der Waals surface area contributed by atoms with E-state index in [1.807, 2.05) is 0 Å². The van der Waals surface area contributed by atoms with Crippen LogP contribution in [-0.2, 0) is 14.8 Å². The number of sulfonamides is 1. The molecule has 0 aromatic heterocycles. The highest BCUT2D eigenvalue weighted by Crippen LogP contribution is 2.55. The Bertz CT molecular complexity index is 710. The number of benzene rings is 1. The van der Waals surface area contributed by atoms with Crippen LogP contribution in [-0.4, -0.2) is 26.4 Å². The molecule has 0 saturated heterocycles. The molecule has 4 aliphatic carbocycles. The van der Waals surface area contributed by atoms with E-state index in [1.165, 1.54) is 19.3 Å². The van der Waals surface area contributed by atoms with Gasteiger partial charge in [0.15, 0.2) is 0 Å². The van der Waals surface area contributed by atoms with Crippen molar-refractivity contribution in [3.63, 3.8) is 0 Å². The number of nitrogens with one attached hydrogen (secondary N) is 2. The van der Waals surface area contributed by atoms with Crippen LogP contribution >= 0.6 is 0 Å². The van der Waals surface area contributed by atoms with Crippen LogP contribution in [0.1, 0.15) is 44.9 Å². The van der Waals surface area contributed by atoms with E-state index in [0.717, 1.165) is 37.0 Å². The van der Waals surface area contributed by atoms with Crippen LogP contribution in [0.25, 0.3) is 0 Å². The smallest absolute Gasteiger partial charge is 0.240 e. The summed E-state index contributed by atoms with van der Waals surface area (Å²) in [6, 6.07) is 8.26. The van der Waals surface area contributed by atoms with Crippen LogP contribution < -0.4 is 10.0 Å². The lowest BCUT2D eigenvalue weighted by Crippen LogP contribution is -2.60. The molecule has 5 rings (SSSR count). The molecule has 0 atom stereocenters. The summed E-state index contributed by atoms with van der Waals surface area (Å²) in [5.41, 5.74) is -0.00978. The fraction of sp³-hybridized carbons (Fsp3) is 0.632. The Morgan fingerprint density at radius 1 is 1.00 bits per heavy atom. The highest BCUT2D eigenvalue weighted by atomic mass is 32.2. The fourth-order valence-corrected chi connectivity index (χ4v) is 6.66. The molecule has 1 amide bonds. The van der Waals surface area contributed by atoms with Crippen LogP contribution in [0.4, 0.5) is 0 Å². The average molecular weight is 362 g/mol. The summed E-state index contributed by atoms with van der Waals surface area (Å²) in [5.74, 6) is 2.31. The minimum absolute atomic E-state index is 0.00978. The Labute approximate surface area is 149 Å². The highest BCUT2D eigenvalue weighted by molar-refractivity contribution is 7.89. The molecule has 0 unspecified atom stereocenters. The van der Waals surface area contributed by atoms with Crippen LogP contribution in [0.15, 0.2) is 35.2 Å². The van der Waals surface area contributed by atoms with Gasteiger partial charge in [-0.25, -0.2) is 13.1 Å². The van der Waals surface area contributed by atoms with Crippen molar-refractivity contribution in [1.29, 1.82) is 0 Å². The second-order valence-corrected chi connectivity index (χ2v) is 9.97. The van der Waals surface area contributed by atoms with Gasteiger partial charge in [-0.05, 0) is 68.4 Å². The quantitative estimate of drug-likeness (QED) is 0.816. The number of carbonyl (C=O) groups excluding carboxylic acids is 1. The first-order chi connectivity index (χ1) is 11.9. The van der Waals surface area contributed by atoms with Gasteiger partial charge in [-0.15, -0.1) is 0 Å². The third-order valence-electron chi connectivity index (χ3n) is 6.14. The molecule has 4 fully saturated rings. The third kappa shape index (κ3) is 3.60. The van der Waals surface area contributed by atoms with Gasteiger partial charge >= 0.3 is 0 Å². The van der Waals surface area contributed by atoms with Gasteiger partial charge in [0, 0.05) is 18.5 Å². The first-order valence-electron chi connectivity index (χ1n) is 9.30. The molecule has 1 aromatic carbocycles. The maximum Gasteiger partial charge on any atom is 0.240 e. The fourth-order valence-electron chi connectivity index (χ4n) is 5.60. The predicted octanol–water partition coefficient (Wildman–Crippen LogP) is 2.44. The number of carbonyl (C=O) groups is 1. The molecule has 0 aliphatic heterocycles. The second kappa shape index (κ2) is 6.40. The lowest BCUT2D eigenvalue weighted by molar-refractivity contribution is -0.126. The molecular formula is C19H26N2O3S. The lowest BCUT2D eigenvalue weighted by atomic mass is 9.53. The normalized spacial score (nSPS) is 33.4. The summed E-state index contributed by atoms with van der Waals surface area (Å²) in [6.07, 6.45) is 7.54. The number of amides is 1. The van der Waals surface area contributed by atoms with Crippen molar-refractivity contribution in [3.8, 4) is 0 Å². The molecule has 1 aromatic rings. The van der Waals surface area contributed by atoms with Gasteiger partial charge in [0.05, 0.1) is 4.90 Å². The summed E-state index contributed by atoms with van der Waals surface area (Å²) < 4.78 is 26.9. The SMILES string of the molecule is O=C(CCNS(=O)(=O)c1ccccc1)NC12CC3CC(CC(C3)C1)C2. The van der Waals surface area contributed by atoms with Crippen molar-refractivity contribution < 1.29 is 13.2 Å². The van der Waals surface area contributed by atoms with Crippen LogP contribution in [0.5, 0.6) is 0 Å². The average Bonchev–Trinajstić information content (AvgIpc) is 2.53. The van der Waals surface area contributed by atoms with Crippen LogP contribution in [0.2, 0.25) is 0 Å². The van der Waals surface area contributed by atoms with Crippen LogP contribution in [0, 0.1) is 17.8 Å². The van der Waals surface area contributed by atoms with E-state index in [2.05, 4.69) is 10.0 Å². The minimum Gasteiger partial charge on any atom is -0.351 e. The van der Waals surface area contributed by atoms with Gasteiger partial charge in [0.1, 0.15) is 0 Å². The molecule has 4 aliphatic rings. The number of hydrogen-bond donors (Lipinski definition) is 2.